The summed E-state index contributed by atoms with van der Waals surface area (Å²) in [5, 5.41) is 0. The molecule has 0 aliphatic heterocycles. The summed E-state index contributed by atoms with van der Waals surface area (Å²) in [6.07, 6.45) is 0.460. The van der Waals surface area contributed by atoms with E-state index in [2.05, 4.69) is 4.72 Å². The second kappa shape index (κ2) is 6.68. The lowest BCUT2D eigenvalue weighted by atomic mass is 9.95. The molecule has 0 saturated heterocycles. The Labute approximate surface area is 114 Å². The van der Waals surface area contributed by atoms with Crippen molar-refractivity contribution >= 4 is 15.9 Å². The van der Waals surface area contributed by atoms with Gasteiger partial charge in [0.15, 0.2) is 0 Å². The number of nitrogens with one attached hydrogen (secondary N) is 1. The van der Waals surface area contributed by atoms with E-state index in [4.69, 9.17) is 5.73 Å². The van der Waals surface area contributed by atoms with Gasteiger partial charge in [0.1, 0.15) is 0 Å². The summed E-state index contributed by atoms with van der Waals surface area (Å²) in [6.45, 7) is 3.36. The summed E-state index contributed by atoms with van der Waals surface area (Å²) in [5.74, 6) is -1.25. The standard InChI is InChI=1S/C13H20N2O3S/c1-3-9-19(17,18)15-13(16)10(2)12(14)11-7-5-4-6-8-11/h4-8,10,12H,3,9,14H2,1-2H3,(H,15,16). The van der Waals surface area contributed by atoms with Crippen LogP contribution in [-0.4, -0.2) is 20.1 Å². The summed E-state index contributed by atoms with van der Waals surface area (Å²) in [5.41, 5.74) is 6.78. The molecule has 0 spiro atoms. The minimum Gasteiger partial charge on any atom is -0.323 e. The quantitative estimate of drug-likeness (QED) is 0.821. The van der Waals surface area contributed by atoms with Crippen molar-refractivity contribution in [2.45, 2.75) is 26.3 Å². The van der Waals surface area contributed by atoms with Gasteiger partial charge in [-0.05, 0) is 12.0 Å². The average molecular weight is 284 g/mol. The van der Waals surface area contributed by atoms with Crippen molar-refractivity contribution in [2.24, 2.45) is 11.7 Å². The van der Waals surface area contributed by atoms with Crippen LogP contribution < -0.4 is 10.5 Å². The molecule has 0 aliphatic rings. The van der Waals surface area contributed by atoms with Crippen molar-refractivity contribution in [3.05, 3.63) is 35.9 Å². The van der Waals surface area contributed by atoms with E-state index in [1.807, 2.05) is 30.3 Å². The maximum absolute atomic E-state index is 11.9. The van der Waals surface area contributed by atoms with E-state index in [9.17, 15) is 13.2 Å². The highest BCUT2D eigenvalue weighted by Gasteiger charge is 2.25. The summed E-state index contributed by atoms with van der Waals surface area (Å²) >= 11 is 0. The molecule has 106 valence electrons. The van der Waals surface area contributed by atoms with Crippen LogP contribution in [0.1, 0.15) is 31.9 Å². The predicted molar refractivity (Wildman–Crippen MR) is 74.8 cm³/mol. The second-order valence-corrected chi connectivity index (χ2v) is 6.35. The first-order valence-corrected chi connectivity index (χ1v) is 7.87. The molecule has 6 heteroatoms. The van der Waals surface area contributed by atoms with Gasteiger partial charge >= 0.3 is 0 Å². The van der Waals surface area contributed by atoms with Crippen LogP contribution >= 0.6 is 0 Å². The fraction of sp³-hybridized carbons (Fsp3) is 0.462. The molecule has 0 aromatic heterocycles. The topological polar surface area (TPSA) is 89.3 Å². The molecule has 0 saturated carbocycles. The first kappa shape index (κ1) is 15.7. The minimum absolute atomic E-state index is 0.0635. The number of rotatable bonds is 6. The van der Waals surface area contributed by atoms with E-state index in [0.29, 0.717) is 6.42 Å². The Balaban J connectivity index is 2.73. The lowest BCUT2D eigenvalue weighted by Crippen LogP contribution is -2.39. The average Bonchev–Trinajstić information content (AvgIpc) is 2.37. The van der Waals surface area contributed by atoms with E-state index < -0.39 is 27.9 Å². The number of benzene rings is 1. The van der Waals surface area contributed by atoms with Crippen LogP contribution in [0.25, 0.3) is 0 Å². The number of amides is 1. The van der Waals surface area contributed by atoms with Gasteiger partial charge in [0.25, 0.3) is 0 Å². The highest BCUT2D eigenvalue weighted by Crippen LogP contribution is 2.19. The van der Waals surface area contributed by atoms with Crippen molar-refractivity contribution in [1.29, 1.82) is 0 Å². The zero-order valence-electron chi connectivity index (χ0n) is 11.2. The molecular formula is C13H20N2O3S. The van der Waals surface area contributed by atoms with Gasteiger partial charge in [0.2, 0.25) is 15.9 Å². The van der Waals surface area contributed by atoms with Crippen molar-refractivity contribution in [2.75, 3.05) is 5.75 Å². The summed E-state index contributed by atoms with van der Waals surface area (Å²) in [7, 11) is -3.55. The summed E-state index contributed by atoms with van der Waals surface area (Å²) < 4.78 is 25.1. The number of hydrogen-bond acceptors (Lipinski definition) is 4. The fourth-order valence-corrected chi connectivity index (χ4v) is 2.82. The van der Waals surface area contributed by atoms with Gasteiger partial charge in [-0.2, -0.15) is 0 Å². The Morgan fingerprint density at radius 3 is 2.42 bits per heavy atom. The normalized spacial score (nSPS) is 14.7. The molecule has 0 radical (unpaired) electrons. The molecule has 1 aromatic rings. The van der Waals surface area contributed by atoms with Gasteiger partial charge in [-0.25, -0.2) is 8.42 Å². The molecule has 1 amide bonds. The zero-order valence-corrected chi connectivity index (χ0v) is 12.0. The van der Waals surface area contributed by atoms with Crippen LogP contribution in [0.15, 0.2) is 30.3 Å². The van der Waals surface area contributed by atoms with Crippen molar-refractivity contribution in [3.63, 3.8) is 0 Å². The van der Waals surface area contributed by atoms with E-state index in [1.54, 1.807) is 13.8 Å². The molecule has 3 N–H and O–H groups in total. The van der Waals surface area contributed by atoms with Crippen LogP contribution in [0.5, 0.6) is 0 Å². The monoisotopic (exact) mass is 284 g/mol. The van der Waals surface area contributed by atoms with Gasteiger partial charge in [0.05, 0.1) is 11.7 Å². The van der Waals surface area contributed by atoms with Gasteiger partial charge in [-0.1, -0.05) is 44.2 Å². The van der Waals surface area contributed by atoms with Crippen LogP contribution in [-0.2, 0) is 14.8 Å². The Kier molecular flexibility index (Phi) is 5.50. The van der Waals surface area contributed by atoms with Crippen LogP contribution in [0.3, 0.4) is 0 Å². The van der Waals surface area contributed by atoms with E-state index in [1.165, 1.54) is 0 Å². The van der Waals surface area contributed by atoms with E-state index in [-0.39, 0.29) is 5.75 Å². The summed E-state index contributed by atoms with van der Waals surface area (Å²) in [4.78, 5) is 11.9. The van der Waals surface area contributed by atoms with Crippen LogP contribution in [0.2, 0.25) is 0 Å². The fourth-order valence-electron chi connectivity index (χ4n) is 1.69. The first-order valence-electron chi connectivity index (χ1n) is 6.22. The maximum atomic E-state index is 11.9. The largest absolute Gasteiger partial charge is 0.323 e. The smallest absolute Gasteiger partial charge is 0.238 e. The maximum Gasteiger partial charge on any atom is 0.238 e. The lowest BCUT2D eigenvalue weighted by Gasteiger charge is -2.19. The van der Waals surface area contributed by atoms with Crippen LogP contribution in [0.4, 0.5) is 0 Å². The number of carbonyl (C=O) groups excluding carboxylic acids is 1. The number of nitrogens with two attached hydrogens (primary N) is 1. The highest BCUT2D eigenvalue weighted by molar-refractivity contribution is 7.90. The van der Waals surface area contributed by atoms with Crippen molar-refractivity contribution < 1.29 is 13.2 Å². The van der Waals surface area contributed by atoms with E-state index >= 15 is 0 Å². The zero-order chi connectivity index (χ0) is 14.5. The molecule has 5 nitrogen and oxygen atoms in total. The molecule has 2 unspecified atom stereocenters. The Morgan fingerprint density at radius 1 is 1.32 bits per heavy atom. The van der Waals surface area contributed by atoms with Gasteiger partial charge in [0, 0.05) is 6.04 Å². The number of hydrogen-bond donors (Lipinski definition) is 2. The molecule has 0 fully saturated rings. The predicted octanol–water partition coefficient (Wildman–Crippen LogP) is 1.18. The molecule has 1 aromatic carbocycles. The molecule has 0 bridgehead atoms. The van der Waals surface area contributed by atoms with Crippen molar-refractivity contribution in [1.82, 2.24) is 4.72 Å². The molecule has 2 atom stereocenters. The third-order valence-electron chi connectivity index (χ3n) is 2.87. The lowest BCUT2D eigenvalue weighted by molar-refractivity contribution is -0.123. The first-order chi connectivity index (χ1) is 8.87. The SMILES string of the molecule is CCCS(=O)(=O)NC(=O)C(C)C(N)c1ccccc1. The van der Waals surface area contributed by atoms with Gasteiger partial charge in [-0.15, -0.1) is 0 Å². The van der Waals surface area contributed by atoms with Gasteiger partial charge in [-0.3, -0.25) is 9.52 Å². The molecule has 0 heterocycles. The Bertz CT molecular complexity index is 514. The number of sulfonamides is 1. The number of carbonyl (C=O) groups is 1. The Hall–Kier alpha value is -1.40. The highest BCUT2D eigenvalue weighted by atomic mass is 32.2. The minimum atomic E-state index is -3.55. The second-order valence-electron chi connectivity index (χ2n) is 4.51. The molecule has 0 aliphatic carbocycles. The Morgan fingerprint density at radius 2 is 1.89 bits per heavy atom. The summed E-state index contributed by atoms with van der Waals surface area (Å²) in [6, 6.07) is 8.61. The van der Waals surface area contributed by atoms with Crippen LogP contribution in [0, 0.1) is 5.92 Å². The van der Waals surface area contributed by atoms with E-state index in [0.717, 1.165) is 5.56 Å². The van der Waals surface area contributed by atoms with Gasteiger partial charge < -0.3 is 5.73 Å². The third-order valence-corrected chi connectivity index (χ3v) is 4.32. The molecule has 19 heavy (non-hydrogen) atoms. The molecular weight excluding hydrogens is 264 g/mol. The third kappa shape index (κ3) is 4.65. The van der Waals surface area contributed by atoms with Crippen molar-refractivity contribution in [3.8, 4) is 0 Å². The molecule has 1 rings (SSSR count).